The molecule has 0 unspecified atom stereocenters. The van der Waals surface area contributed by atoms with Crippen LogP contribution in [0.25, 0.3) is 0 Å². The molecule has 0 aliphatic heterocycles. The molecular formula is C15H15BrO2. The van der Waals surface area contributed by atoms with Crippen LogP contribution in [0.2, 0.25) is 0 Å². The zero-order valence-corrected chi connectivity index (χ0v) is 11.6. The number of hydrogen-bond donors (Lipinski definition) is 1. The van der Waals surface area contributed by atoms with Crippen molar-refractivity contribution >= 4 is 15.9 Å². The molecule has 2 aromatic carbocycles. The topological polar surface area (TPSA) is 29.5 Å². The first-order chi connectivity index (χ1) is 8.78. The normalized spacial score (nSPS) is 10.3. The van der Waals surface area contributed by atoms with Crippen LogP contribution in [0.4, 0.5) is 0 Å². The Balaban J connectivity index is 1.91. The van der Waals surface area contributed by atoms with Crippen LogP contribution < -0.4 is 4.74 Å². The number of benzene rings is 2. The number of rotatable bonds is 5. The van der Waals surface area contributed by atoms with E-state index < -0.39 is 0 Å². The van der Waals surface area contributed by atoms with E-state index in [1.54, 1.807) is 0 Å². The Bertz CT molecular complexity index is 477. The number of ether oxygens (including phenoxy) is 1. The molecule has 18 heavy (non-hydrogen) atoms. The zero-order valence-electron chi connectivity index (χ0n) is 9.97. The van der Waals surface area contributed by atoms with Crippen LogP contribution in [0.1, 0.15) is 11.1 Å². The van der Waals surface area contributed by atoms with Gasteiger partial charge in [-0.05, 0) is 41.8 Å². The second-order valence-electron chi connectivity index (χ2n) is 4.03. The van der Waals surface area contributed by atoms with Gasteiger partial charge in [-0.25, -0.2) is 0 Å². The zero-order chi connectivity index (χ0) is 12.8. The lowest BCUT2D eigenvalue weighted by molar-refractivity contribution is 0.298. The van der Waals surface area contributed by atoms with Crippen molar-refractivity contribution in [3.63, 3.8) is 0 Å². The molecular weight excluding hydrogens is 292 g/mol. The van der Waals surface area contributed by atoms with Crippen LogP contribution >= 0.6 is 15.9 Å². The highest BCUT2D eigenvalue weighted by Crippen LogP contribution is 2.16. The Morgan fingerprint density at radius 2 is 1.50 bits per heavy atom. The van der Waals surface area contributed by atoms with Crippen molar-refractivity contribution in [1.29, 1.82) is 0 Å². The minimum Gasteiger partial charge on any atom is -0.489 e. The summed E-state index contributed by atoms with van der Waals surface area (Å²) in [6.45, 7) is 0.742. The number of aliphatic hydroxyl groups is 1. The average molecular weight is 307 g/mol. The lowest BCUT2D eigenvalue weighted by Gasteiger charge is -2.07. The van der Waals surface area contributed by atoms with E-state index in [1.165, 1.54) is 0 Å². The summed E-state index contributed by atoms with van der Waals surface area (Å²) in [5.74, 6) is 0.847. The van der Waals surface area contributed by atoms with E-state index in [0.29, 0.717) is 13.0 Å². The van der Waals surface area contributed by atoms with Gasteiger partial charge >= 0.3 is 0 Å². The highest BCUT2D eigenvalue weighted by atomic mass is 79.9. The molecule has 0 atom stereocenters. The molecule has 0 heterocycles. The maximum atomic E-state index is 8.83. The fourth-order valence-corrected chi connectivity index (χ4v) is 1.89. The fourth-order valence-electron chi connectivity index (χ4n) is 1.63. The van der Waals surface area contributed by atoms with Crippen molar-refractivity contribution in [2.45, 2.75) is 13.0 Å². The summed E-state index contributed by atoms with van der Waals surface area (Å²) in [5, 5.41) is 8.83. The van der Waals surface area contributed by atoms with E-state index in [-0.39, 0.29) is 6.61 Å². The number of aliphatic hydroxyl groups excluding tert-OH is 1. The van der Waals surface area contributed by atoms with E-state index in [1.807, 2.05) is 48.5 Å². The Morgan fingerprint density at radius 1 is 0.889 bits per heavy atom. The van der Waals surface area contributed by atoms with Crippen LogP contribution in [-0.2, 0) is 13.0 Å². The van der Waals surface area contributed by atoms with Crippen molar-refractivity contribution in [3.8, 4) is 5.75 Å². The third kappa shape index (κ3) is 3.86. The largest absolute Gasteiger partial charge is 0.489 e. The van der Waals surface area contributed by atoms with Gasteiger partial charge in [-0.2, -0.15) is 0 Å². The molecule has 2 nitrogen and oxygen atoms in total. The van der Waals surface area contributed by atoms with Gasteiger partial charge in [-0.3, -0.25) is 0 Å². The van der Waals surface area contributed by atoms with Gasteiger partial charge in [0.05, 0.1) is 0 Å². The molecule has 2 aromatic rings. The SMILES string of the molecule is OCCc1ccc(OCc2ccc(Br)cc2)cc1. The summed E-state index contributed by atoms with van der Waals surface area (Å²) in [6.07, 6.45) is 0.687. The maximum Gasteiger partial charge on any atom is 0.119 e. The van der Waals surface area contributed by atoms with Gasteiger partial charge in [0.2, 0.25) is 0 Å². The van der Waals surface area contributed by atoms with Gasteiger partial charge in [0.15, 0.2) is 0 Å². The van der Waals surface area contributed by atoms with Crippen molar-refractivity contribution in [2.75, 3.05) is 6.61 Å². The first-order valence-corrected chi connectivity index (χ1v) is 6.64. The van der Waals surface area contributed by atoms with Crippen molar-refractivity contribution < 1.29 is 9.84 Å². The monoisotopic (exact) mass is 306 g/mol. The first kappa shape index (κ1) is 13.1. The average Bonchev–Trinajstić information content (AvgIpc) is 2.40. The Hall–Kier alpha value is -1.32. The van der Waals surface area contributed by atoms with Gasteiger partial charge in [-0.1, -0.05) is 40.2 Å². The standard InChI is InChI=1S/C15H15BrO2/c16-14-5-1-13(2-6-14)11-18-15-7-3-12(4-8-15)9-10-17/h1-8,17H,9-11H2. The van der Waals surface area contributed by atoms with Gasteiger partial charge < -0.3 is 9.84 Å². The van der Waals surface area contributed by atoms with Crippen LogP contribution in [0.3, 0.4) is 0 Å². The van der Waals surface area contributed by atoms with E-state index in [4.69, 9.17) is 9.84 Å². The third-order valence-electron chi connectivity index (χ3n) is 2.64. The molecule has 0 aromatic heterocycles. The first-order valence-electron chi connectivity index (χ1n) is 5.85. The lowest BCUT2D eigenvalue weighted by atomic mass is 10.1. The second kappa shape index (κ2) is 6.57. The molecule has 0 spiro atoms. The van der Waals surface area contributed by atoms with Crippen LogP contribution in [0, 0.1) is 0 Å². The number of hydrogen-bond acceptors (Lipinski definition) is 2. The van der Waals surface area contributed by atoms with E-state index >= 15 is 0 Å². The summed E-state index contributed by atoms with van der Waals surface area (Å²) in [6, 6.07) is 15.9. The number of halogens is 1. The minimum absolute atomic E-state index is 0.180. The predicted octanol–water partition coefficient (Wildman–Crippen LogP) is 3.56. The molecule has 1 N–H and O–H groups in total. The van der Waals surface area contributed by atoms with Crippen LogP contribution in [-0.4, -0.2) is 11.7 Å². The molecule has 0 radical (unpaired) electrons. The summed E-state index contributed by atoms with van der Waals surface area (Å²) in [5.41, 5.74) is 2.26. The third-order valence-corrected chi connectivity index (χ3v) is 3.17. The van der Waals surface area contributed by atoms with Crippen molar-refractivity contribution in [2.24, 2.45) is 0 Å². The fraction of sp³-hybridized carbons (Fsp3) is 0.200. The second-order valence-corrected chi connectivity index (χ2v) is 4.95. The van der Waals surface area contributed by atoms with Crippen molar-refractivity contribution in [3.05, 3.63) is 64.1 Å². The molecule has 2 rings (SSSR count). The maximum absolute atomic E-state index is 8.83. The molecule has 0 fully saturated rings. The highest BCUT2D eigenvalue weighted by molar-refractivity contribution is 9.10. The summed E-state index contributed by atoms with van der Waals surface area (Å²) in [7, 11) is 0. The Morgan fingerprint density at radius 3 is 2.11 bits per heavy atom. The summed E-state index contributed by atoms with van der Waals surface area (Å²) >= 11 is 3.40. The molecule has 0 bridgehead atoms. The molecule has 0 amide bonds. The molecule has 3 heteroatoms. The molecule has 0 aliphatic carbocycles. The predicted molar refractivity (Wildman–Crippen MR) is 75.7 cm³/mol. The van der Waals surface area contributed by atoms with Gasteiger partial charge in [0.1, 0.15) is 12.4 Å². The van der Waals surface area contributed by atoms with Crippen LogP contribution in [0.15, 0.2) is 53.0 Å². The quantitative estimate of drug-likeness (QED) is 0.915. The lowest BCUT2D eigenvalue weighted by Crippen LogP contribution is -1.96. The van der Waals surface area contributed by atoms with Gasteiger partial charge in [-0.15, -0.1) is 0 Å². The summed E-state index contributed by atoms with van der Waals surface area (Å²) in [4.78, 5) is 0. The van der Waals surface area contributed by atoms with E-state index in [0.717, 1.165) is 21.3 Å². The smallest absolute Gasteiger partial charge is 0.119 e. The van der Waals surface area contributed by atoms with Crippen LogP contribution in [0.5, 0.6) is 5.75 Å². The van der Waals surface area contributed by atoms with Gasteiger partial charge in [0, 0.05) is 11.1 Å². The highest BCUT2D eigenvalue weighted by Gasteiger charge is 1.97. The molecule has 0 saturated heterocycles. The van der Waals surface area contributed by atoms with E-state index in [9.17, 15) is 0 Å². The molecule has 0 saturated carbocycles. The Labute approximate surface area is 115 Å². The molecule has 94 valence electrons. The molecule has 0 aliphatic rings. The minimum atomic E-state index is 0.180. The van der Waals surface area contributed by atoms with Crippen molar-refractivity contribution in [1.82, 2.24) is 0 Å². The van der Waals surface area contributed by atoms with Gasteiger partial charge in [0.25, 0.3) is 0 Å². The summed E-state index contributed by atoms with van der Waals surface area (Å²) < 4.78 is 6.76. The Kier molecular flexibility index (Phi) is 4.79. The van der Waals surface area contributed by atoms with E-state index in [2.05, 4.69) is 15.9 Å².